The Kier molecular flexibility index (Phi) is 5.66. The first-order valence-corrected chi connectivity index (χ1v) is 13.2. The van der Waals surface area contributed by atoms with Crippen LogP contribution in [0.4, 0.5) is 10.5 Å². The first kappa shape index (κ1) is 23.8. The molecular formula is C29H33N3O5. The lowest BCUT2D eigenvalue weighted by molar-refractivity contribution is -0.134. The number of ether oxygens (including phenoxy) is 2. The van der Waals surface area contributed by atoms with Gasteiger partial charge < -0.3 is 24.2 Å². The summed E-state index contributed by atoms with van der Waals surface area (Å²) in [5.74, 6) is -0.158. The molecule has 194 valence electrons. The summed E-state index contributed by atoms with van der Waals surface area (Å²) < 4.78 is 11.2. The Morgan fingerprint density at radius 1 is 0.892 bits per heavy atom. The SMILES string of the molecule is CC(C)OC(=O)N1CCN(c2ccc(C3(C(=O)N4CC[C@@]5(C4)OC(=O)c4ccccc45)CC3)cc2)CC1. The molecule has 3 heterocycles. The van der Waals surface area contributed by atoms with E-state index in [4.69, 9.17) is 9.47 Å². The van der Waals surface area contributed by atoms with Gasteiger partial charge in [-0.25, -0.2) is 9.59 Å². The molecule has 2 aromatic carbocycles. The van der Waals surface area contributed by atoms with Crippen molar-refractivity contribution in [3.05, 3.63) is 65.2 Å². The van der Waals surface area contributed by atoms with Crippen LogP contribution in [0.1, 0.15) is 54.6 Å². The summed E-state index contributed by atoms with van der Waals surface area (Å²) >= 11 is 0. The third kappa shape index (κ3) is 4.03. The Bertz CT molecular complexity index is 1230. The molecule has 0 aromatic heterocycles. The number of hydrogen-bond donors (Lipinski definition) is 0. The lowest BCUT2D eigenvalue weighted by Crippen LogP contribution is -2.49. The van der Waals surface area contributed by atoms with Crippen LogP contribution in [0.15, 0.2) is 48.5 Å². The minimum Gasteiger partial charge on any atom is -0.449 e. The average Bonchev–Trinajstić information content (AvgIpc) is 3.54. The van der Waals surface area contributed by atoms with Crippen LogP contribution in [0, 0.1) is 0 Å². The minimum absolute atomic E-state index is 0.120. The molecule has 8 heteroatoms. The first-order valence-electron chi connectivity index (χ1n) is 13.2. The van der Waals surface area contributed by atoms with E-state index in [1.165, 1.54) is 0 Å². The van der Waals surface area contributed by atoms with Gasteiger partial charge in [0.05, 0.1) is 23.6 Å². The summed E-state index contributed by atoms with van der Waals surface area (Å²) in [5, 5.41) is 0. The van der Waals surface area contributed by atoms with E-state index in [9.17, 15) is 14.4 Å². The zero-order chi connectivity index (χ0) is 25.8. The normalized spacial score (nSPS) is 23.9. The van der Waals surface area contributed by atoms with Crippen molar-refractivity contribution in [2.75, 3.05) is 44.2 Å². The van der Waals surface area contributed by atoms with Crippen LogP contribution in [-0.4, -0.2) is 73.1 Å². The number of hydrogen-bond acceptors (Lipinski definition) is 6. The molecule has 6 rings (SSSR count). The van der Waals surface area contributed by atoms with Crippen LogP contribution in [0.25, 0.3) is 0 Å². The van der Waals surface area contributed by atoms with E-state index in [0.717, 1.165) is 42.7 Å². The molecule has 1 spiro atoms. The second-order valence-electron chi connectivity index (χ2n) is 10.9. The van der Waals surface area contributed by atoms with Gasteiger partial charge >= 0.3 is 12.1 Å². The number of benzene rings is 2. The number of anilines is 1. The number of amides is 2. The van der Waals surface area contributed by atoms with E-state index >= 15 is 0 Å². The predicted molar refractivity (Wildman–Crippen MR) is 137 cm³/mol. The van der Waals surface area contributed by atoms with E-state index in [1.807, 2.05) is 36.9 Å². The van der Waals surface area contributed by atoms with Gasteiger partial charge in [0, 0.05) is 50.4 Å². The Morgan fingerprint density at radius 2 is 1.59 bits per heavy atom. The molecule has 1 saturated carbocycles. The number of nitrogens with zero attached hydrogens (tertiary/aromatic N) is 3. The Labute approximate surface area is 217 Å². The van der Waals surface area contributed by atoms with Crippen molar-refractivity contribution in [3.8, 4) is 0 Å². The number of carbonyl (C=O) groups excluding carboxylic acids is 3. The summed E-state index contributed by atoms with van der Waals surface area (Å²) in [5.41, 5.74) is 2.47. The van der Waals surface area contributed by atoms with Crippen LogP contribution in [0.3, 0.4) is 0 Å². The molecule has 8 nitrogen and oxygen atoms in total. The zero-order valence-electron chi connectivity index (χ0n) is 21.4. The number of carbonyl (C=O) groups is 3. The maximum atomic E-state index is 13.8. The quantitative estimate of drug-likeness (QED) is 0.593. The molecule has 3 fully saturated rings. The first-order chi connectivity index (χ1) is 17.8. The number of piperazine rings is 1. The molecule has 37 heavy (non-hydrogen) atoms. The average molecular weight is 504 g/mol. The second-order valence-corrected chi connectivity index (χ2v) is 10.9. The molecule has 1 atom stereocenters. The fourth-order valence-corrected chi connectivity index (χ4v) is 6.07. The van der Waals surface area contributed by atoms with Gasteiger partial charge in [0.15, 0.2) is 5.60 Å². The lowest BCUT2D eigenvalue weighted by Gasteiger charge is -2.36. The largest absolute Gasteiger partial charge is 0.449 e. The van der Waals surface area contributed by atoms with Crippen LogP contribution in [0.5, 0.6) is 0 Å². The topological polar surface area (TPSA) is 79.4 Å². The highest BCUT2D eigenvalue weighted by Gasteiger charge is 2.57. The molecule has 0 radical (unpaired) electrons. The van der Waals surface area contributed by atoms with E-state index in [-0.39, 0.29) is 24.1 Å². The maximum absolute atomic E-state index is 13.8. The molecule has 0 unspecified atom stereocenters. The highest BCUT2D eigenvalue weighted by Crippen LogP contribution is 2.52. The van der Waals surface area contributed by atoms with Gasteiger partial charge in [-0.05, 0) is 50.5 Å². The van der Waals surface area contributed by atoms with Crippen molar-refractivity contribution in [1.29, 1.82) is 0 Å². The van der Waals surface area contributed by atoms with Gasteiger partial charge in [-0.15, -0.1) is 0 Å². The highest BCUT2D eigenvalue weighted by molar-refractivity contribution is 5.96. The molecule has 0 N–H and O–H groups in total. The predicted octanol–water partition coefficient (Wildman–Crippen LogP) is 3.68. The van der Waals surface area contributed by atoms with Gasteiger partial charge in [-0.3, -0.25) is 4.79 Å². The van der Waals surface area contributed by atoms with Crippen LogP contribution in [-0.2, 0) is 25.3 Å². The van der Waals surface area contributed by atoms with Crippen LogP contribution < -0.4 is 4.90 Å². The van der Waals surface area contributed by atoms with E-state index in [2.05, 4.69) is 29.2 Å². The smallest absolute Gasteiger partial charge is 0.410 e. The molecule has 0 bridgehead atoms. The summed E-state index contributed by atoms with van der Waals surface area (Å²) in [6, 6.07) is 15.9. The molecular weight excluding hydrogens is 470 g/mol. The molecule has 2 saturated heterocycles. The van der Waals surface area contributed by atoms with E-state index < -0.39 is 11.0 Å². The van der Waals surface area contributed by atoms with Gasteiger partial charge in [-0.1, -0.05) is 30.3 Å². The van der Waals surface area contributed by atoms with Crippen LogP contribution in [0.2, 0.25) is 0 Å². The second kappa shape index (κ2) is 8.78. The van der Waals surface area contributed by atoms with Crippen molar-refractivity contribution >= 4 is 23.7 Å². The maximum Gasteiger partial charge on any atom is 0.410 e. The lowest BCUT2D eigenvalue weighted by atomic mass is 9.91. The van der Waals surface area contributed by atoms with Gasteiger partial charge in [0.25, 0.3) is 0 Å². The summed E-state index contributed by atoms with van der Waals surface area (Å²) in [6.45, 7) is 7.45. The monoisotopic (exact) mass is 503 g/mol. The van der Waals surface area contributed by atoms with Crippen molar-refractivity contribution < 1.29 is 23.9 Å². The summed E-state index contributed by atoms with van der Waals surface area (Å²) in [6.07, 6.45) is 1.93. The number of esters is 1. The molecule has 4 aliphatic rings. The van der Waals surface area contributed by atoms with Gasteiger partial charge in [0.1, 0.15) is 0 Å². The Balaban J connectivity index is 1.11. The third-order valence-electron chi connectivity index (χ3n) is 8.26. The Hall–Kier alpha value is -3.55. The fraction of sp³-hybridized carbons (Fsp3) is 0.483. The van der Waals surface area contributed by atoms with Crippen molar-refractivity contribution in [2.24, 2.45) is 0 Å². The molecule has 1 aliphatic carbocycles. The summed E-state index contributed by atoms with van der Waals surface area (Å²) in [4.78, 5) is 44.3. The number of fused-ring (bicyclic) bond motifs is 2. The standard InChI is InChI=1S/C29H33N3O5/c1-20(2)36-27(35)31-17-15-30(16-18-31)22-9-7-21(8-10-22)28(11-12-28)26(34)32-14-13-29(19-32)24-6-4-3-5-23(24)25(33)37-29/h3-10,20H,11-19H2,1-2H3/t29-/m0/s1. The molecule has 2 aromatic rings. The summed E-state index contributed by atoms with van der Waals surface area (Å²) in [7, 11) is 0. The van der Waals surface area contributed by atoms with Gasteiger partial charge in [0.2, 0.25) is 5.91 Å². The van der Waals surface area contributed by atoms with Gasteiger partial charge in [-0.2, -0.15) is 0 Å². The van der Waals surface area contributed by atoms with Crippen molar-refractivity contribution in [3.63, 3.8) is 0 Å². The zero-order valence-corrected chi connectivity index (χ0v) is 21.4. The van der Waals surface area contributed by atoms with Crippen molar-refractivity contribution in [1.82, 2.24) is 9.80 Å². The fourth-order valence-electron chi connectivity index (χ4n) is 6.07. The van der Waals surface area contributed by atoms with E-state index in [0.29, 0.717) is 38.2 Å². The highest BCUT2D eigenvalue weighted by atomic mass is 16.6. The van der Waals surface area contributed by atoms with Crippen LogP contribution >= 0.6 is 0 Å². The number of likely N-dealkylation sites (tertiary alicyclic amines) is 1. The number of rotatable bonds is 4. The molecule has 3 aliphatic heterocycles. The van der Waals surface area contributed by atoms with E-state index in [1.54, 1.807) is 11.0 Å². The molecule has 2 amide bonds. The van der Waals surface area contributed by atoms with Crippen molar-refractivity contribution in [2.45, 2.75) is 50.2 Å². The third-order valence-corrected chi connectivity index (χ3v) is 8.26. The minimum atomic E-state index is -0.715. The Morgan fingerprint density at radius 3 is 2.27 bits per heavy atom.